The molecule has 0 saturated carbocycles. The fourth-order valence-electron chi connectivity index (χ4n) is 8.90. The maximum Gasteiger partial charge on any atom is 0.442 e. The minimum Gasteiger partial charge on any atom is -0.489 e. The number of β-lactam (4-membered cyclic amide) rings is 2. The number of oxime groups is 2. The number of aromatic nitrogens is 6. The van der Waals surface area contributed by atoms with Crippen molar-refractivity contribution in [3.63, 3.8) is 0 Å². The van der Waals surface area contributed by atoms with Crippen LogP contribution in [0.3, 0.4) is 0 Å². The average molecular weight is 1330 g/mol. The molecule has 6 atom stereocenters. The van der Waals surface area contributed by atoms with Crippen molar-refractivity contribution in [1.29, 1.82) is 0 Å². The van der Waals surface area contributed by atoms with Gasteiger partial charge in [-0.1, -0.05) is 10.3 Å². The number of nitrogens with one attached hydrogen (secondary N) is 2. The lowest BCUT2D eigenvalue weighted by Crippen LogP contribution is -2.78. The molecule has 91 heavy (non-hydrogen) atoms. The van der Waals surface area contributed by atoms with E-state index in [1.807, 2.05) is 0 Å². The maximum atomic E-state index is 15.4. The Morgan fingerprint density at radius 2 is 1.07 bits per heavy atom. The maximum absolute atomic E-state index is 15.4. The van der Waals surface area contributed by atoms with E-state index in [0.29, 0.717) is 21.3 Å². The molecular formula is C52H62F2N16O18S3+2. The molecule has 8 rings (SSSR count). The van der Waals surface area contributed by atoms with E-state index < -0.39 is 130 Å². The third kappa shape index (κ3) is 15.3. The molecule has 34 nitrogen and oxygen atoms in total. The summed E-state index contributed by atoms with van der Waals surface area (Å²) in [4.78, 5) is 98.0. The molecule has 6 aromatic rings. The zero-order chi connectivity index (χ0) is 66.6. The van der Waals surface area contributed by atoms with Crippen molar-refractivity contribution in [1.82, 2.24) is 40.1 Å². The van der Waals surface area contributed by atoms with E-state index in [0.717, 1.165) is 34.8 Å². The highest BCUT2D eigenvalue weighted by Crippen LogP contribution is 2.37. The Morgan fingerprint density at radius 1 is 0.692 bits per heavy atom. The molecule has 0 aliphatic carbocycles. The van der Waals surface area contributed by atoms with Gasteiger partial charge in [-0.05, 0) is 52.0 Å². The Hall–Kier alpha value is -9.35. The Bertz CT molecular complexity index is 3710. The van der Waals surface area contributed by atoms with E-state index >= 15 is 8.78 Å². The number of benzene rings is 2. The zero-order valence-electron chi connectivity index (χ0n) is 48.9. The smallest absolute Gasteiger partial charge is 0.442 e. The third-order valence-electron chi connectivity index (χ3n) is 14.0. The van der Waals surface area contributed by atoms with E-state index in [4.69, 9.17) is 50.7 Å². The van der Waals surface area contributed by atoms with Crippen LogP contribution in [0, 0.1) is 11.6 Å². The summed E-state index contributed by atoms with van der Waals surface area (Å²) >= 11 is 1.70. The van der Waals surface area contributed by atoms with Crippen molar-refractivity contribution in [2.45, 2.75) is 88.4 Å². The number of anilines is 2. The first kappa shape index (κ1) is 67.6. The number of nitrogen functional groups attached to an aromatic ring is 2. The number of rotatable bonds is 30. The number of thiazole rings is 2. The van der Waals surface area contributed by atoms with Gasteiger partial charge < -0.3 is 73.1 Å². The van der Waals surface area contributed by atoms with Gasteiger partial charge in [-0.2, -0.15) is 27.9 Å². The molecule has 0 radical (unpaired) electrons. The van der Waals surface area contributed by atoms with Crippen LogP contribution in [0.25, 0.3) is 22.3 Å². The number of aliphatic carboxylic acids is 2. The lowest BCUT2D eigenvalue weighted by molar-refractivity contribution is -0.754. The van der Waals surface area contributed by atoms with Crippen molar-refractivity contribution in [3.8, 4) is 33.8 Å². The molecule has 0 spiro atoms. The number of aliphatic hydroxyl groups excluding tert-OH is 2. The molecule has 2 fully saturated rings. The average Bonchev–Trinajstić information content (AvgIpc) is 1.29. The van der Waals surface area contributed by atoms with Gasteiger partial charge in [0.2, 0.25) is 12.4 Å². The van der Waals surface area contributed by atoms with Crippen LogP contribution < -0.4 is 52.4 Å². The summed E-state index contributed by atoms with van der Waals surface area (Å²) in [6.45, 7) is 3.77. The molecule has 4 aromatic heterocycles. The fraction of sp³-hybridized carbons (Fsp3) is 0.385. The number of hydrogen-bond donors (Lipinski definition) is 10. The Balaban J connectivity index is 0.870. The van der Waals surface area contributed by atoms with Gasteiger partial charge in [0.25, 0.3) is 35.8 Å². The summed E-state index contributed by atoms with van der Waals surface area (Å²) in [5, 5.41) is 55.0. The number of aliphatic hydroxyl groups is 2. The number of ether oxygens (including phenoxy) is 2. The highest BCUT2D eigenvalue weighted by molar-refractivity contribution is 7.81. The largest absolute Gasteiger partial charge is 0.489 e. The number of halogens is 2. The summed E-state index contributed by atoms with van der Waals surface area (Å²) < 4.78 is 85.2. The topological polar surface area (TPSA) is 476 Å². The van der Waals surface area contributed by atoms with Gasteiger partial charge in [0.15, 0.2) is 35.8 Å². The lowest BCUT2D eigenvalue weighted by atomic mass is 9.84. The number of carbonyl (C=O) groups is 6. The van der Waals surface area contributed by atoms with Crippen LogP contribution in [0.5, 0.6) is 11.5 Å². The standard InChI is InChI=1S/C52H60F2N16O18S3/c1-51(2)41(61-43(73)39(35-23-89-49(57)59-35)63-85-37(47(77)78)21-83-29-7-9-31(33(53)11-29)25-15-65(5)67(17-25)19-27(71)13-55)45(75)69(51)87-91(81,82)88-70-46(76)42(52(70,3)4)62-44(74)40(36-24-90-50(58)60-36)64-86-38(48(79)80)22-84-30-8-10-32(34(54)12-30)26-16-66(6)68(18-26)20-28(72)14-56/h7-12,15-18,23-24,27-28,37-38,41-42,71-72H,13-14,19-22,55-56H2,1-6H3,(H6-2,57,58,59,60,61,62,73,74,77,78,79,80)/p+2/b63-39-,64-40-/t27?,28?,37-,38-,41+,42+/m0/s1. The van der Waals surface area contributed by atoms with Crippen LogP contribution in [0.4, 0.5) is 19.0 Å². The number of carboxylic acid groups (broad SMARTS) is 2. The van der Waals surface area contributed by atoms with Gasteiger partial charge in [0.1, 0.15) is 72.9 Å². The number of carbonyl (C=O) groups excluding carboxylic acids is 4. The highest BCUT2D eigenvalue weighted by Gasteiger charge is 2.61. The van der Waals surface area contributed by atoms with E-state index in [2.05, 4.69) is 30.9 Å². The second-order valence-corrected chi connectivity index (χ2v) is 24.2. The number of nitrogens with zero attached hydrogens (tertiary/aromatic N) is 10. The summed E-state index contributed by atoms with van der Waals surface area (Å²) in [6.07, 6.45) is 0.845. The first-order valence-electron chi connectivity index (χ1n) is 26.9. The van der Waals surface area contributed by atoms with Gasteiger partial charge in [-0.15, -0.1) is 40.6 Å². The summed E-state index contributed by atoms with van der Waals surface area (Å²) in [5.74, 6) is -9.78. The first-order valence-corrected chi connectivity index (χ1v) is 29.9. The first-order chi connectivity index (χ1) is 42.8. The van der Waals surface area contributed by atoms with Gasteiger partial charge in [0, 0.05) is 47.1 Å². The minimum absolute atomic E-state index is 0.00501. The quantitative estimate of drug-likeness (QED) is 0.00989. The van der Waals surface area contributed by atoms with Crippen molar-refractivity contribution in [3.05, 3.63) is 95.0 Å². The number of carboxylic acids is 2. The van der Waals surface area contributed by atoms with Crippen LogP contribution in [0.2, 0.25) is 0 Å². The molecule has 14 N–H and O–H groups in total. The monoisotopic (exact) mass is 1330 g/mol. The Morgan fingerprint density at radius 3 is 1.37 bits per heavy atom. The molecule has 2 unspecified atom stereocenters. The number of hydrogen-bond acceptors (Lipinski definition) is 26. The Labute approximate surface area is 522 Å². The molecule has 2 aliphatic heterocycles. The molecule has 39 heteroatoms. The second kappa shape index (κ2) is 27.4. The van der Waals surface area contributed by atoms with Crippen LogP contribution in [-0.2, 0) is 84.6 Å². The van der Waals surface area contributed by atoms with E-state index in [1.54, 1.807) is 57.6 Å². The minimum atomic E-state index is -5.43. The van der Waals surface area contributed by atoms with E-state index in [1.165, 1.54) is 62.7 Å². The van der Waals surface area contributed by atoms with E-state index in [9.17, 15) is 57.6 Å². The number of hydroxylamine groups is 4. The van der Waals surface area contributed by atoms with Crippen molar-refractivity contribution >= 4 is 90.3 Å². The summed E-state index contributed by atoms with van der Waals surface area (Å²) in [6, 6.07) is 4.29. The number of nitrogens with two attached hydrogens (primary N) is 4. The third-order valence-corrected chi connectivity index (χ3v) is 16.0. The van der Waals surface area contributed by atoms with Crippen LogP contribution in [0.15, 0.2) is 82.3 Å². The molecule has 2 aromatic carbocycles. The highest BCUT2D eigenvalue weighted by atomic mass is 32.3. The fourth-order valence-corrected chi connectivity index (χ4v) is 10.9. The Kier molecular flexibility index (Phi) is 20.3. The number of amides is 4. The molecular weight excluding hydrogens is 1270 g/mol. The normalized spacial score (nSPS) is 17.7. The SMILES string of the molecule is C[n+]1cc(-c2ccc(OC[C@H](O/N=C(\C(=O)N[C@@H]3C(=O)N(OS(=O)(=O)ON4C(=O)[C@@H](NC(=O)/C(=N\O[C@@H](COc5ccc(-c6cn(CC(O)CN)[n+](C)c6)c(F)c5)C(=O)O)c5csc(N)n5)C4(C)C)C3(C)C)c3csc(N)n3)C(=O)O)cc2F)cn1CC(O)CN. The van der Waals surface area contributed by atoms with E-state index in [-0.39, 0.29) is 70.5 Å². The molecule has 0 bridgehead atoms. The van der Waals surface area contributed by atoms with Crippen molar-refractivity contribution in [2.75, 3.05) is 37.8 Å². The van der Waals surface area contributed by atoms with Gasteiger partial charge in [-0.3, -0.25) is 19.2 Å². The van der Waals surface area contributed by atoms with Crippen LogP contribution in [0.1, 0.15) is 39.1 Å². The van der Waals surface area contributed by atoms with Crippen LogP contribution in [-0.4, -0.2) is 179 Å². The lowest BCUT2D eigenvalue weighted by Gasteiger charge is -2.52. The molecule has 6 heterocycles. The molecule has 4 amide bonds. The molecule has 488 valence electrons. The predicted molar refractivity (Wildman–Crippen MR) is 311 cm³/mol. The summed E-state index contributed by atoms with van der Waals surface area (Å²) in [7, 11) is -2.06. The van der Waals surface area contributed by atoms with Gasteiger partial charge in [-0.25, -0.2) is 28.3 Å². The van der Waals surface area contributed by atoms with Gasteiger partial charge in [0.05, 0.1) is 46.8 Å². The predicted octanol–water partition coefficient (Wildman–Crippen LogP) is -2.21. The summed E-state index contributed by atoms with van der Waals surface area (Å²) in [5.41, 5.74) is 18.4. The van der Waals surface area contributed by atoms with Crippen LogP contribution >= 0.6 is 22.7 Å². The van der Waals surface area contributed by atoms with Gasteiger partial charge >= 0.3 is 22.3 Å². The molecule has 2 aliphatic rings. The molecule has 2 saturated heterocycles. The van der Waals surface area contributed by atoms with Crippen molar-refractivity contribution in [2.24, 2.45) is 35.9 Å². The zero-order valence-corrected chi connectivity index (χ0v) is 51.4. The second-order valence-electron chi connectivity index (χ2n) is 21.3. The number of aryl methyl sites for hydroxylation is 2. The van der Waals surface area contributed by atoms with Crippen molar-refractivity contribution < 1.29 is 103 Å².